The summed E-state index contributed by atoms with van der Waals surface area (Å²) in [7, 11) is 0. The first kappa shape index (κ1) is 68.4. The molecule has 0 rings (SSSR count). The molecule has 0 aliphatic heterocycles. The number of ether oxygens (including phenoxy) is 3. The lowest BCUT2D eigenvalue weighted by molar-refractivity contribution is -0.167. The van der Waals surface area contributed by atoms with Crippen LogP contribution < -0.4 is 0 Å². The molecule has 0 aliphatic carbocycles. The Balaban J connectivity index is 4.12. The van der Waals surface area contributed by atoms with Crippen LogP contribution >= 0.6 is 0 Å². The van der Waals surface area contributed by atoms with Gasteiger partial charge in [-0.3, -0.25) is 14.4 Å². The van der Waals surface area contributed by atoms with Gasteiger partial charge in [0.2, 0.25) is 0 Å². The van der Waals surface area contributed by atoms with E-state index < -0.39 is 6.10 Å². The summed E-state index contributed by atoms with van der Waals surface area (Å²) in [6.07, 6.45) is 74.3. The highest BCUT2D eigenvalue weighted by Crippen LogP contribution is 2.17. The molecule has 0 radical (unpaired) electrons. The van der Waals surface area contributed by atoms with E-state index in [-0.39, 0.29) is 31.1 Å². The second-order valence-corrected chi connectivity index (χ2v) is 21.0. The van der Waals surface area contributed by atoms with Crippen LogP contribution in [-0.2, 0) is 28.6 Å². The molecular formula is C65H118O6. The van der Waals surface area contributed by atoms with Crippen molar-refractivity contribution in [2.75, 3.05) is 13.2 Å². The molecule has 0 fully saturated rings. The van der Waals surface area contributed by atoms with E-state index in [1.165, 1.54) is 205 Å². The first-order valence-electron chi connectivity index (χ1n) is 31.1. The van der Waals surface area contributed by atoms with E-state index in [1.54, 1.807) is 0 Å². The molecule has 6 heteroatoms. The summed E-state index contributed by atoms with van der Waals surface area (Å²) < 4.78 is 16.8. The van der Waals surface area contributed by atoms with Gasteiger partial charge >= 0.3 is 17.9 Å². The molecule has 0 aromatic rings. The van der Waals surface area contributed by atoms with E-state index in [2.05, 4.69) is 69.4 Å². The van der Waals surface area contributed by atoms with Crippen molar-refractivity contribution in [3.05, 3.63) is 48.6 Å². The Bertz CT molecular complexity index is 1230. The van der Waals surface area contributed by atoms with E-state index in [1.807, 2.05) is 0 Å². The highest BCUT2D eigenvalue weighted by atomic mass is 16.6. The zero-order chi connectivity index (χ0) is 51.4. The van der Waals surface area contributed by atoms with Crippen molar-refractivity contribution in [3.63, 3.8) is 0 Å². The molecule has 414 valence electrons. The van der Waals surface area contributed by atoms with Gasteiger partial charge in [-0.1, -0.05) is 301 Å². The SMILES string of the molecule is CC/C=C\C/C=C\C/C=C\C/C=C\CCCCCCCCCCCCC(=O)OCC(COC(=O)CCCCCCCCC)OC(=O)CCCCCCCCCCCCCCCCCCCCCCCCC. The number of rotatable bonds is 57. The summed E-state index contributed by atoms with van der Waals surface area (Å²) >= 11 is 0. The summed E-state index contributed by atoms with van der Waals surface area (Å²) in [5.74, 6) is -0.862. The Morgan fingerprint density at radius 1 is 0.296 bits per heavy atom. The smallest absolute Gasteiger partial charge is 0.306 e. The quantitative estimate of drug-likeness (QED) is 0.0261. The maximum Gasteiger partial charge on any atom is 0.306 e. The lowest BCUT2D eigenvalue weighted by Gasteiger charge is -2.18. The van der Waals surface area contributed by atoms with Crippen LogP contribution in [0.25, 0.3) is 0 Å². The highest BCUT2D eigenvalue weighted by molar-refractivity contribution is 5.71. The molecule has 0 bridgehead atoms. The van der Waals surface area contributed by atoms with E-state index in [9.17, 15) is 14.4 Å². The molecule has 0 N–H and O–H groups in total. The Morgan fingerprint density at radius 3 is 0.859 bits per heavy atom. The summed E-state index contributed by atoms with van der Waals surface area (Å²) in [5, 5.41) is 0. The molecule has 0 saturated heterocycles. The molecule has 0 aliphatic rings. The molecule has 0 aromatic carbocycles. The Labute approximate surface area is 441 Å². The van der Waals surface area contributed by atoms with Gasteiger partial charge < -0.3 is 14.2 Å². The molecule has 0 spiro atoms. The van der Waals surface area contributed by atoms with Crippen LogP contribution in [0, 0.1) is 0 Å². The van der Waals surface area contributed by atoms with E-state index in [0.29, 0.717) is 19.3 Å². The average molecular weight is 996 g/mol. The summed E-state index contributed by atoms with van der Waals surface area (Å²) in [6.45, 7) is 6.53. The first-order chi connectivity index (χ1) is 35.0. The Hall–Kier alpha value is -2.63. The second kappa shape index (κ2) is 59.9. The van der Waals surface area contributed by atoms with Crippen molar-refractivity contribution < 1.29 is 28.6 Å². The molecule has 0 amide bonds. The first-order valence-corrected chi connectivity index (χ1v) is 31.1. The van der Waals surface area contributed by atoms with Crippen molar-refractivity contribution in [2.24, 2.45) is 0 Å². The number of hydrogen-bond acceptors (Lipinski definition) is 6. The topological polar surface area (TPSA) is 78.9 Å². The lowest BCUT2D eigenvalue weighted by Crippen LogP contribution is -2.30. The van der Waals surface area contributed by atoms with Crippen molar-refractivity contribution in [3.8, 4) is 0 Å². The molecule has 0 aromatic heterocycles. The minimum atomic E-state index is -0.770. The van der Waals surface area contributed by atoms with Crippen LogP contribution in [0.2, 0.25) is 0 Å². The minimum absolute atomic E-state index is 0.0704. The Kier molecular flexibility index (Phi) is 57.7. The number of esters is 3. The number of allylic oxidation sites excluding steroid dienone is 8. The van der Waals surface area contributed by atoms with Crippen LogP contribution in [0.3, 0.4) is 0 Å². The van der Waals surface area contributed by atoms with Gasteiger partial charge in [0.05, 0.1) is 0 Å². The lowest BCUT2D eigenvalue weighted by atomic mass is 10.0. The van der Waals surface area contributed by atoms with E-state index in [0.717, 1.165) is 83.5 Å². The molecule has 6 nitrogen and oxygen atoms in total. The standard InChI is InChI=1S/C65H118O6/c1-4-7-10-13-16-18-20-22-24-26-28-30-32-34-36-38-40-42-44-46-49-52-55-58-64(67)70-61-62(60-69-63(66)57-54-51-48-15-12-9-6-3)71-65(68)59-56-53-50-47-45-43-41-39-37-35-33-31-29-27-25-23-21-19-17-14-11-8-5-2/h7,10,16,18,22,24,28,30,62H,4-6,8-9,11-15,17,19-21,23,25-27,29,31-61H2,1-3H3/b10-7-,18-16-,24-22-,30-28-. The van der Waals surface area contributed by atoms with Gasteiger partial charge in [0.15, 0.2) is 6.10 Å². The fraction of sp³-hybridized carbons (Fsp3) is 0.831. The number of unbranched alkanes of at least 4 members (excludes halogenated alkanes) is 38. The highest BCUT2D eigenvalue weighted by Gasteiger charge is 2.19. The number of carbonyl (C=O) groups is 3. The van der Waals surface area contributed by atoms with Crippen LogP contribution in [0.4, 0.5) is 0 Å². The number of carbonyl (C=O) groups excluding carboxylic acids is 3. The van der Waals surface area contributed by atoms with Crippen LogP contribution in [0.1, 0.15) is 329 Å². The predicted octanol–water partition coefficient (Wildman–Crippen LogP) is 21.0. The molecule has 0 saturated carbocycles. The third-order valence-corrected chi connectivity index (χ3v) is 13.8. The van der Waals surface area contributed by atoms with Crippen LogP contribution in [0.15, 0.2) is 48.6 Å². The van der Waals surface area contributed by atoms with Crippen molar-refractivity contribution in [1.82, 2.24) is 0 Å². The van der Waals surface area contributed by atoms with Gasteiger partial charge in [-0.25, -0.2) is 0 Å². The van der Waals surface area contributed by atoms with Crippen molar-refractivity contribution in [1.29, 1.82) is 0 Å². The van der Waals surface area contributed by atoms with E-state index >= 15 is 0 Å². The summed E-state index contributed by atoms with van der Waals surface area (Å²) in [6, 6.07) is 0. The fourth-order valence-corrected chi connectivity index (χ4v) is 9.20. The zero-order valence-corrected chi connectivity index (χ0v) is 47.5. The van der Waals surface area contributed by atoms with Gasteiger partial charge in [-0.15, -0.1) is 0 Å². The van der Waals surface area contributed by atoms with Crippen LogP contribution in [0.5, 0.6) is 0 Å². The summed E-state index contributed by atoms with van der Waals surface area (Å²) in [5.41, 5.74) is 0. The summed E-state index contributed by atoms with van der Waals surface area (Å²) in [4.78, 5) is 38.0. The predicted molar refractivity (Wildman–Crippen MR) is 307 cm³/mol. The van der Waals surface area contributed by atoms with E-state index in [4.69, 9.17) is 14.2 Å². The van der Waals surface area contributed by atoms with Gasteiger partial charge in [0, 0.05) is 19.3 Å². The van der Waals surface area contributed by atoms with Crippen molar-refractivity contribution in [2.45, 2.75) is 335 Å². The third kappa shape index (κ3) is 58.1. The fourth-order valence-electron chi connectivity index (χ4n) is 9.20. The average Bonchev–Trinajstić information content (AvgIpc) is 3.37. The van der Waals surface area contributed by atoms with Gasteiger partial charge in [0.1, 0.15) is 13.2 Å². The van der Waals surface area contributed by atoms with Crippen LogP contribution in [-0.4, -0.2) is 37.2 Å². The largest absolute Gasteiger partial charge is 0.462 e. The maximum absolute atomic E-state index is 12.9. The molecule has 71 heavy (non-hydrogen) atoms. The minimum Gasteiger partial charge on any atom is -0.462 e. The number of hydrogen-bond donors (Lipinski definition) is 0. The molecular weight excluding hydrogens is 877 g/mol. The monoisotopic (exact) mass is 995 g/mol. The Morgan fingerprint density at radius 2 is 0.549 bits per heavy atom. The second-order valence-electron chi connectivity index (χ2n) is 21.0. The third-order valence-electron chi connectivity index (χ3n) is 13.8. The molecule has 1 atom stereocenters. The van der Waals surface area contributed by atoms with Gasteiger partial charge in [-0.2, -0.15) is 0 Å². The normalized spacial score (nSPS) is 12.3. The molecule has 0 heterocycles. The van der Waals surface area contributed by atoms with Gasteiger partial charge in [0.25, 0.3) is 0 Å². The van der Waals surface area contributed by atoms with Crippen molar-refractivity contribution >= 4 is 17.9 Å². The maximum atomic E-state index is 12.9. The zero-order valence-electron chi connectivity index (χ0n) is 47.5. The molecule has 1 unspecified atom stereocenters. The van der Waals surface area contributed by atoms with Gasteiger partial charge in [-0.05, 0) is 57.8 Å².